The average Bonchev–Trinajstić information content (AvgIpc) is 3.01. The zero-order valence-electron chi connectivity index (χ0n) is 15.1. The Bertz CT molecular complexity index is 641. The summed E-state index contributed by atoms with van der Waals surface area (Å²) in [6.07, 6.45) is 0.920. The molecule has 1 N–H and O–H groups in total. The van der Waals surface area contributed by atoms with Crippen molar-refractivity contribution in [3.05, 3.63) is 35.4 Å². The molecule has 1 aliphatic heterocycles. The molecule has 1 heterocycles. The fraction of sp³-hybridized carbons (Fsp3) is 0.632. The summed E-state index contributed by atoms with van der Waals surface area (Å²) in [5, 5.41) is 3.38. The second kappa shape index (κ2) is 7.86. The van der Waals surface area contributed by atoms with Crippen LogP contribution in [0.15, 0.2) is 29.3 Å². The molecule has 0 radical (unpaired) electrons. The lowest BCUT2D eigenvalue weighted by Crippen LogP contribution is -2.42. The van der Waals surface area contributed by atoms with Crippen molar-refractivity contribution in [1.29, 1.82) is 0 Å². The Morgan fingerprint density at radius 1 is 1.27 bits per heavy atom. The lowest BCUT2D eigenvalue weighted by molar-refractivity contribution is -0.176. The molecule has 144 valence electrons. The summed E-state index contributed by atoms with van der Waals surface area (Å²) < 4.78 is 41.2. The molecule has 0 unspecified atom stereocenters. The highest BCUT2D eigenvalue weighted by molar-refractivity contribution is 5.80. The van der Waals surface area contributed by atoms with Gasteiger partial charge in [0.1, 0.15) is 6.61 Å². The third-order valence-electron chi connectivity index (χ3n) is 5.34. The lowest BCUT2D eigenvalue weighted by Gasteiger charge is -2.38. The molecule has 4 nitrogen and oxygen atoms in total. The van der Waals surface area contributed by atoms with E-state index in [1.807, 2.05) is 18.2 Å². The number of nitrogens with one attached hydrogen (secondary N) is 1. The summed E-state index contributed by atoms with van der Waals surface area (Å²) in [5.41, 5.74) is 2.24. The Kier molecular flexibility index (Phi) is 5.75. The Morgan fingerprint density at radius 3 is 2.65 bits per heavy atom. The predicted octanol–water partition coefficient (Wildman–Crippen LogP) is 3.72. The van der Waals surface area contributed by atoms with Crippen LogP contribution in [0.4, 0.5) is 13.2 Å². The molecule has 1 aliphatic carbocycles. The number of rotatable bonds is 5. The van der Waals surface area contributed by atoms with Gasteiger partial charge < -0.3 is 15.0 Å². The molecule has 1 saturated carbocycles. The van der Waals surface area contributed by atoms with Crippen LogP contribution >= 0.6 is 0 Å². The van der Waals surface area contributed by atoms with Crippen LogP contribution in [-0.4, -0.2) is 43.8 Å². The minimum Gasteiger partial charge on any atom is -0.367 e. The van der Waals surface area contributed by atoms with Crippen molar-refractivity contribution in [3.63, 3.8) is 0 Å². The quantitative estimate of drug-likeness (QED) is 0.635. The maximum atomic E-state index is 12.2. The van der Waals surface area contributed by atoms with Crippen molar-refractivity contribution in [2.24, 2.45) is 10.4 Å². The maximum absolute atomic E-state index is 12.2. The molecule has 26 heavy (non-hydrogen) atoms. The van der Waals surface area contributed by atoms with E-state index in [-0.39, 0.29) is 6.61 Å². The molecule has 1 aromatic rings. The predicted molar refractivity (Wildman–Crippen MR) is 94.8 cm³/mol. The zero-order valence-corrected chi connectivity index (χ0v) is 15.1. The molecule has 7 heteroatoms. The van der Waals surface area contributed by atoms with E-state index in [9.17, 15) is 13.2 Å². The van der Waals surface area contributed by atoms with Gasteiger partial charge in [0.15, 0.2) is 5.96 Å². The van der Waals surface area contributed by atoms with Gasteiger partial charge in [-0.25, -0.2) is 0 Å². The van der Waals surface area contributed by atoms with Crippen molar-refractivity contribution >= 4 is 5.96 Å². The number of hydrogen-bond donors (Lipinski definition) is 1. The highest BCUT2D eigenvalue weighted by Crippen LogP contribution is 2.47. The fourth-order valence-electron chi connectivity index (χ4n) is 3.83. The van der Waals surface area contributed by atoms with E-state index >= 15 is 0 Å². The highest BCUT2D eigenvalue weighted by atomic mass is 19.4. The topological polar surface area (TPSA) is 36.9 Å². The van der Waals surface area contributed by atoms with Gasteiger partial charge in [-0.1, -0.05) is 30.7 Å². The molecule has 1 saturated heterocycles. The Morgan fingerprint density at radius 2 is 2.04 bits per heavy atom. The van der Waals surface area contributed by atoms with Crippen LogP contribution in [0.2, 0.25) is 0 Å². The fourth-order valence-corrected chi connectivity index (χ4v) is 3.83. The van der Waals surface area contributed by atoms with Crippen LogP contribution in [-0.2, 0) is 17.9 Å². The third kappa shape index (κ3) is 4.90. The second-order valence-electron chi connectivity index (χ2n) is 7.35. The number of hydrogen-bond acceptors (Lipinski definition) is 2. The van der Waals surface area contributed by atoms with Crippen molar-refractivity contribution < 1.29 is 17.9 Å². The van der Waals surface area contributed by atoms with Gasteiger partial charge in [-0.3, -0.25) is 4.99 Å². The number of likely N-dealkylation sites (tertiary alicyclic amines) is 1. The first kappa shape index (κ1) is 19.0. The van der Waals surface area contributed by atoms with Crippen LogP contribution in [0.5, 0.6) is 0 Å². The number of alkyl halides is 3. The first-order valence-electron chi connectivity index (χ1n) is 9.07. The van der Waals surface area contributed by atoms with Crippen molar-refractivity contribution in [3.8, 4) is 0 Å². The molecular weight excluding hydrogens is 343 g/mol. The average molecular weight is 369 g/mol. The van der Waals surface area contributed by atoms with Crippen LogP contribution in [0.1, 0.15) is 36.8 Å². The van der Waals surface area contributed by atoms with Crippen LogP contribution in [0.3, 0.4) is 0 Å². The van der Waals surface area contributed by atoms with Crippen molar-refractivity contribution in [2.45, 2.75) is 45.0 Å². The number of aliphatic imine (C=N–C) groups is 1. The lowest BCUT2D eigenvalue weighted by atomic mass is 9.68. The van der Waals surface area contributed by atoms with Crippen molar-refractivity contribution in [2.75, 3.05) is 26.7 Å². The van der Waals surface area contributed by atoms with Crippen molar-refractivity contribution in [1.82, 2.24) is 10.2 Å². The Labute approximate surface area is 152 Å². The van der Waals surface area contributed by atoms with Crippen LogP contribution < -0.4 is 5.32 Å². The van der Waals surface area contributed by atoms with E-state index in [1.54, 1.807) is 13.1 Å². The first-order chi connectivity index (χ1) is 12.4. The molecule has 2 fully saturated rings. The summed E-state index contributed by atoms with van der Waals surface area (Å²) in [4.78, 5) is 6.70. The SMILES string of the molecule is CN=C(NCc1cccc(COCC(F)(F)F)c1)N1CCC2(CCC2)C1. The standard InChI is InChI=1S/C19H26F3N3O/c1-23-17(25-9-8-18(13-25)6-3-7-18)24-11-15-4-2-5-16(10-15)12-26-14-19(20,21)22/h2,4-5,10H,3,6-9,11-14H2,1H3,(H,23,24). The molecule has 0 amide bonds. The van der Waals surface area contributed by atoms with E-state index in [0.29, 0.717) is 12.0 Å². The van der Waals surface area contributed by atoms with Gasteiger partial charge in [0.25, 0.3) is 0 Å². The van der Waals surface area contributed by atoms with Gasteiger partial charge in [0.2, 0.25) is 0 Å². The minimum absolute atomic E-state index is 0.0449. The Hall–Kier alpha value is -1.76. The van der Waals surface area contributed by atoms with Gasteiger partial charge in [-0.15, -0.1) is 0 Å². The van der Waals surface area contributed by atoms with Crippen LogP contribution in [0.25, 0.3) is 0 Å². The molecular formula is C19H26F3N3O. The normalized spacial score (nSPS) is 19.7. The van der Waals surface area contributed by atoms with E-state index in [1.165, 1.54) is 25.7 Å². The first-order valence-corrected chi connectivity index (χ1v) is 9.07. The molecule has 2 aliphatic rings. The van der Waals surface area contributed by atoms with Gasteiger partial charge in [-0.05, 0) is 35.8 Å². The number of halogens is 3. The van der Waals surface area contributed by atoms with E-state index < -0.39 is 12.8 Å². The molecule has 3 rings (SSSR count). The number of nitrogens with zero attached hydrogens (tertiary/aromatic N) is 2. The Balaban J connectivity index is 1.50. The summed E-state index contributed by atoms with van der Waals surface area (Å²) in [5.74, 6) is 0.896. The monoisotopic (exact) mass is 369 g/mol. The smallest absolute Gasteiger partial charge is 0.367 e. The molecule has 0 bridgehead atoms. The van der Waals surface area contributed by atoms with Gasteiger partial charge in [-0.2, -0.15) is 13.2 Å². The molecule has 0 aromatic heterocycles. The van der Waals surface area contributed by atoms with Crippen LogP contribution in [0, 0.1) is 5.41 Å². The molecule has 0 atom stereocenters. The summed E-state index contributed by atoms with van der Waals surface area (Å²) in [6, 6.07) is 7.43. The van der Waals surface area contributed by atoms with E-state index in [0.717, 1.165) is 30.2 Å². The molecule has 1 aromatic carbocycles. The largest absolute Gasteiger partial charge is 0.411 e. The summed E-state index contributed by atoms with van der Waals surface area (Å²) in [6.45, 7) is 1.42. The third-order valence-corrected chi connectivity index (χ3v) is 5.34. The number of guanidine groups is 1. The van der Waals surface area contributed by atoms with Gasteiger partial charge in [0, 0.05) is 26.7 Å². The summed E-state index contributed by atoms with van der Waals surface area (Å²) >= 11 is 0. The van der Waals surface area contributed by atoms with Gasteiger partial charge in [0.05, 0.1) is 6.61 Å². The number of ether oxygens (including phenoxy) is 1. The van der Waals surface area contributed by atoms with Gasteiger partial charge >= 0.3 is 6.18 Å². The zero-order chi connectivity index (χ0) is 18.6. The maximum Gasteiger partial charge on any atom is 0.411 e. The number of benzene rings is 1. The summed E-state index contributed by atoms with van der Waals surface area (Å²) in [7, 11) is 1.79. The highest BCUT2D eigenvalue weighted by Gasteiger charge is 2.43. The van der Waals surface area contributed by atoms with E-state index in [2.05, 4.69) is 15.2 Å². The second-order valence-corrected chi connectivity index (χ2v) is 7.35. The van der Waals surface area contributed by atoms with E-state index in [4.69, 9.17) is 4.74 Å². The minimum atomic E-state index is -4.29. The molecule has 1 spiro atoms.